The third kappa shape index (κ3) is 3.12. The van der Waals surface area contributed by atoms with E-state index in [1.54, 1.807) is 0 Å². The van der Waals surface area contributed by atoms with Crippen molar-refractivity contribution in [2.45, 2.75) is 25.8 Å². The highest BCUT2D eigenvalue weighted by Crippen LogP contribution is 2.23. The van der Waals surface area contributed by atoms with Crippen LogP contribution in [0.15, 0.2) is 24.3 Å². The van der Waals surface area contributed by atoms with Gasteiger partial charge >= 0.3 is 5.97 Å². The summed E-state index contributed by atoms with van der Waals surface area (Å²) in [4.78, 5) is 20.6. The molecule has 1 atom stereocenters. The van der Waals surface area contributed by atoms with Crippen LogP contribution in [0.3, 0.4) is 0 Å². The van der Waals surface area contributed by atoms with Gasteiger partial charge in [-0.3, -0.25) is 9.69 Å². The van der Waals surface area contributed by atoms with Gasteiger partial charge in [-0.25, -0.2) is 4.98 Å². The van der Waals surface area contributed by atoms with Gasteiger partial charge in [0.15, 0.2) is 0 Å². The molecule has 0 aliphatic heterocycles. The molecule has 1 heterocycles. The lowest BCUT2D eigenvalue weighted by molar-refractivity contribution is -0.137. The number of nitrogens with zero attached hydrogens (tertiary/aromatic N) is 2. The number of aromatic amines is 1. The van der Waals surface area contributed by atoms with Crippen molar-refractivity contribution in [2.24, 2.45) is 0 Å². The van der Waals surface area contributed by atoms with Crippen LogP contribution in [0.5, 0.6) is 0 Å². The number of nitrogens with one attached hydrogen (secondary N) is 1. The minimum Gasteiger partial charge on any atom is -0.481 e. The molecular formula is C14H19N3O2. The number of benzene rings is 1. The Balaban J connectivity index is 2.18. The van der Waals surface area contributed by atoms with Crippen LogP contribution in [0, 0.1) is 0 Å². The van der Waals surface area contributed by atoms with Gasteiger partial charge < -0.3 is 10.1 Å². The van der Waals surface area contributed by atoms with Crippen molar-refractivity contribution in [3.8, 4) is 0 Å². The topological polar surface area (TPSA) is 69.2 Å². The number of carbonyl (C=O) groups is 1. The molecule has 0 saturated carbocycles. The lowest BCUT2D eigenvalue weighted by Crippen LogP contribution is -2.27. The normalized spacial score (nSPS) is 13.0. The highest BCUT2D eigenvalue weighted by atomic mass is 16.4. The quantitative estimate of drug-likeness (QED) is 0.838. The zero-order chi connectivity index (χ0) is 13.8. The molecule has 2 rings (SSSR count). The van der Waals surface area contributed by atoms with Gasteiger partial charge in [-0.2, -0.15) is 0 Å². The Kier molecular flexibility index (Phi) is 4.16. The van der Waals surface area contributed by atoms with E-state index in [1.165, 1.54) is 0 Å². The summed E-state index contributed by atoms with van der Waals surface area (Å²) in [6.45, 7) is 2.60. The first-order valence-corrected chi connectivity index (χ1v) is 6.48. The largest absolute Gasteiger partial charge is 0.481 e. The number of hydrogen-bond donors (Lipinski definition) is 2. The minimum absolute atomic E-state index is 0.117. The Labute approximate surface area is 112 Å². The maximum Gasteiger partial charge on any atom is 0.304 e. The standard InChI is InChI=1S/C14H19N3O2/c1-3-12(17(2)9-8-13(18)19)14-15-10-6-4-5-7-11(10)16-14/h4-7,12H,3,8-9H2,1-2H3,(H,15,16)(H,18,19). The Morgan fingerprint density at radius 2 is 2.21 bits per heavy atom. The Hall–Kier alpha value is -1.88. The third-order valence-corrected chi connectivity index (χ3v) is 3.32. The molecule has 0 aliphatic rings. The Morgan fingerprint density at radius 1 is 1.47 bits per heavy atom. The van der Waals surface area contributed by atoms with Gasteiger partial charge in [0.2, 0.25) is 0 Å². The van der Waals surface area contributed by atoms with Crippen molar-refractivity contribution >= 4 is 17.0 Å². The summed E-state index contributed by atoms with van der Waals surface area (Å²) < 4.78 is 0. The number of fused-ring (bicyclic) bond motifs is 1. The van der Waals surface area contributed by atoms with Crippen molar-refractivity contribution in [1.82, 2.24) is 14.9 Å². The average molecular weight is 261 g/mol. The van der Waals surface area contributed by atoms with Gasteiger partial charge in [0.25, 0.3) is 0 Å². The molecule has 5 heteroatoms. The van der Waals surface area contributed by atoms with Crippen molar-refractivity contribution in [1.29, 1.82) is 0 Å². The van der Waals surface area contributed by atoms with Gasteiger partial charge in [-0.15, -0.1) is 0 Å². The second kappa shape index (κ2) is 5.84. The maximum absolute atomic E-state index is 10.6. The van der Waals surface area contributed by atoms with Crippen molar-refractivity contribution in [3.63, 3.8) is 0 Å². The van der Waals surface area contributed by atoms with Crippen LogP contribution in [0.4, 0.5) is 0 Å². The molecule has 0 radical (unpaired) electrons. The lowest BCUT2D eigenvalue weighted by atomic mass is 10.2. The van der Waals surface area contributed by atoms with Gasteiger partial charge in [-0.05, 0) is 25.6 Å². The fourth-order valence-corrected chi connectivity index (χ4v) is 2.27. The highest BCUT2D eigenvalue weighted by Gasteiger charge is 2.19. The molecule has 1 aromatic heterocycles. The second-order valence-corrected chi connectivity index (χ2v) is 4.69. The van der Waals surface area contributed by atoms with Crippen LogP contribution in [0.2, 0.25) is 0 Å². The van der Waals surface area contributed by atoms with Crippen LogP contribution in [-0.4, -0.2) is 39.5 Å². The molecule has 0 spiro atoms. The summed E-state index contributed by atoms with van der Waals surface area (Å²) in [7, 11) is 1.93. The van der Waals surface area contributed by atoms with Gasteiger partial charge in [0.1, 0.15) is 5.82 Å². The summed E-state index contributed by atoms with van der Waals surface area (Å²) in [5.74, 6) is 0.128. The molecule has 0 amide bonds. The number of H-pyrrole nitrogens is 1. The number of aromatic nitrogens is 2. The predicted octanol–water partition coefficient (Wildman–Crippen LogP) is 2.42. The van der Waals surface area contributed by atoms with E-state index in [0.717, 1.165) is 23.3 Å². The predicted molar refractivity (Wildman–Crippen MR) is 74.0 cm³/mol. The van der Waals surface area contributed by atoms with Gasteiger partial charge in [-0.1, -0.05) is 19.1 Å². The first-order valence-electron chi connectivity index (χ1n) is 6.48. The number of carboxylic acids is 1. The number of imidazole rings is 1. The molecule has 19 heavy (non-hydrogen) atoms. The smallest absolute Gasteiger partial charge is 0.304 e. The average Bonchev–Trinajstić information content (AvgIpc) is 2.80. The molecule has 0 fully saturated rings. The number of aliphatic carboxylic acids is 1. The van der Waals surface area contributed by atoms with E-state index in [4.69, 9.17) is 5.11 Å². The summed E-state index contributed by atoms with van der Waals surface area (Å²) in [6, 6.07) is 8.02. The number of carboxylic acid groups (broad SMARTS) is 1. The molecule has 1 unspecified atom stereocenters. The van der Waals surface area contributed by atoms with E-state index in [-0.39, 0.29) is 12.5 Å². The summed E-state index contributed by atoms with van der Waals surface area (Å²) in [5, 5.41) is 8.75. The van der Waals surface area contributed by atoms with E-state index in [9.17, 15) is 4.79 Å². The fraction of sp³-hybridized carbons (Fsp3) is 0.429. The summed E-state index contributed by atoms with van der Waals surface area (Å²) >= 11 is 0. The third-order valence-electron chi connectivity index (χ3n) is 3.32. The second-order valence-electron chi connectivity index (χ2n) is 4.69. The summed E-state index contributed by atoms with van der Waals surface area (Å²) in [6.07, 6.45) is 1.03. The zero-order valence-electron chi connectivity index (χ0n) is 11.3. The van der Waals surface area contributed by atoms with E-state index < -0.39 is 5.97 Å². The van der Waals surface area contributed by atoms with Crippen molar-refractivity contribution in [2.75, 3.05) is 13.6 Å². The minimum atomic E-state index is -0.772. The molecule has 102 valence electrons. The number of rotatable bonds is 6. The van der Waals surface area contributed by atoms with Gasteiger partial charge in [0, 0.05) is 6.54 Å². The monoisotopic (exact) mass is 261 g/mol. The molecule has 5 nitrogen and oxygen atoms in total. The number of para-hydroxylation sites is 2. The maximum atomic E-state index is 10.6. The van der Waals surface area contributed by atoms with Crippen LogP contribution >= 0.6 is 0 Å². The van der Waals surface area contributed by atoms with Crippen LogP contribution in [0.25, 0.3) is 11.0 Å². The first kappa shape index (κ1) is 13.5. The highest BCUT2D eigenvalue weighted by molar-refractivity contribution is 5.74. The van der Waals surface area contributed by atoms with Crippen LogP contribution < -0.4 is 0 Å². The fourth-order valence-electron chi connectivity index (χ4n) is 2.27. The molecule has 2 N–H and O–H groups in total. The zero-order valence-corrected chi connectivity index (χ0v) is 11.3. The molecular weight excluding hydrogens is 242 g/mol. The lowest BCUT2D eigenvalue weighted by Gasteiger charge is -2.24. The molecule has 0 aliphatic carbocycles. The van der Waals surface area contributed by atoms with Crippen LogP contribution in [-0.2, 0) is 4.79 Å². The SMILES string of the molecule is CCC(c1nc2ccccc2[nH]1)N(C)CCC(=O)O. The Morgan fingerprint density at radius 3 is 2.84 bits per heavy atom. The van der Waals surface area contributed by atoms with Gasteiger partial charge in [0.05, 0.1) is 23.5 Å². The van der Waals surface area contributed by atoms with E-state index in [2.05, 4.69) is 16.9 Å². The molecule has 0 bridgehead atoms. The molecule has 2 aromatic rings. The van der Waals surface area contributed by atoms with Crippen molar-refractivity contribution in [3.05, 3.63) is 30.1 Å². The number of hydrogen-bond acceptors (Lipinski definition) is 3. The van der Waals surface area contributed by atoms with Crippen LogP contribution in [0.1, 0.15) is 31.6 Å². The molecule has 0 saturated heterocycles. The summed E-state index contributed by atoms with van der Waals surface area (Å²) in [5.41, 5.74) is 1.96. The molecule has 1 aromatic carbocycles. The van der Waals surface area contributed by atoms with E-state index >= 15 is 0 Å². The van der Waals surface area contributed by atoms with E-state index in [1.807, 2.05) is 36.2 Å². The van der Waals surface area contributed by atoms with Crippen molar-refractivity contribution < 1.29 is 9.90 Å². The van der Waals surface area contributed by atoms with E-state index in [0.29, 0.717) is 6.54 Å². The Bertz CT molecular complexity index is 532. The first-order chi connectivity index (χ1) is 9.11.